The van der Waals surface area contributed by atoms with E-state index >= 15 is 0 Å². The molecule has 0 radical (unpaired) electrons. The average Bonchev–Trinajstić information content (AvgIpc) is 2.38. The van der Waals surface area contributed by atoms with Crippen molar-refractivity contribution in [2.75, 3.05) is 13.1 Å². The molecule has 3 heteroatoms. The van der Waals surface area contributed by atoms with Crippen molar-refractivity contribution in [2.24, 2.45) is 11.8 Å². The first kappa shape index (κ1) is 14.3. The van der Waals surface area contributed by atoms with Crippen LogP contribution in [0.5, 0.6) is 5.75 Å². The van der Waals surface area contributed by atoms with Crippen molar-refractivity contribution in [2.45, 2.75) is 39.7 Å². The summed E-state index contributed by atoms with van der Waals surface area (Å²) < 4.78 is 13.0. The number of aromatic hydroxyl groups is 1. The summed E-state index contributed by atoms with van der Waals surface area (Å²) in [5, 5.41) is 9.87. The van der Waals surface area contributed by atoms with E-state index in [0.717, 1.165) is 30.5 Å². The van der Waals surface area contributed by atoms with Crippen LogP contribution in [0.1, 0.15) is 45.2 Å². The van der Waals surface area contributed by atoms with Crippen LogP contribution in [-0.2, 0) is 0 Å². The second-order valence-corrected chi connectivity index (χ2v) is 6.00. The summed E-state index contributed by atoms with van der Waals surface area (Å²) in [4.78, 5) is 2.38. The number of phenolic OH excluding ortho intramolecular Hbond substituents is 1. The average molecular weight is 265 g/mol. The Labute approximate surface area is 115 Å². The molecule has 106 valence electrons. The molecule has 0 bridgehead atoms. The summed E-state index contributed by atoms with van der Waals surface area (Å²) in [6.45, 7) is 8.77. The lowest BCUT2D eigenvalue weighted by molar-refractivity contribution is 0.121. The van der Waals surface area contributed by atoms with E-state index in [1.165, 1.54) is 25.0 Å². The van der Waals surface area contributed by atoms with Crippen LogP contribution in [0, 0.1) is 17.7 Å². The highest BCUT2D eigenvalue weighted by atomic mass is 19.1. The summed E-state index contributed by atoms with van der Waals surface area (Å²) in [6.07, 6.45) is 2.42. The molecule has 1 heterocycles. The van der Waals surface area contributed by atoms with Gasteiger partial charge >= 0.3 is 0 Å². The number of piperidine rings is 1. The molecule has 0 aromatic heterocycles. The first-order valence-corrected chi connectivity index (χ1v) is 7.21. The van der Waals surface area contributed by atoms with E-state index < -0.39 is 0 Å². The lowest BCUT2D eigenvalue weighted by Gasteiger charge is -2.37. The van der Waals surface area contributed by atoms with Gasteiger partial charge in [0, 0.05) is 17.7 Å². The number of halogens is 1. The predicted molar refractivity (Wildman–Crippen MR) is 75.6 cm³/mol. The summed E-state index contributed by atoms with van der Waals surface area (Å²) in [5.41, 5.74) is 0.824. The Kier molecular flexibility index (Phi) is 4.46. The van der Waals surface area contributed by atoms with Crippen molar-refractivity contribution in [3.05, 3.63) is 29.6 Å². The Balaban J connectivity index is 2.03. The molecule has 1 aliphatic heterocycles. The Hall–Kier alpha value is -1.09. The van der Waals surface area contributed by atoms with Crippen molar-refractivity contribution >= 4 is 0 Å². The standard InChI is InChI=1S/C16H24FNO/c1-11(2)13-6-8-18(9-7-13)12(3)15-5-4-14(17)10-16(15)19/h4-5,10-13,19H,6-9H2,1-3H3. The number of nitrogens with zero attached hydrogens (tertiary/aromatic N) is 1. The van der Waals surface area contributed by atoms with Crippen LogP contribution in [-0.4, -0.2) is 23.1 Å². The molecule has 2 nitrogen and oxygen atoms in total. The quantitative estimate of drug-likeness (QED) is 0.894. The van der Waals surface area contributed by atoms with Gasteiger partial charge in [0.25, 0.3) is 0 Å². The van der Waals surface area contributed by atoms with Crippen LogP contribution < -0.4 is 0 Å². The molecule has 1 fully saturated rings. The Morgan fingerprint density at radius 1 is 1.21 bits per heavy atom. The minimum absolute atomic E-state index is 0.0680. The van der Waals surface area contributed by atoms with Gasteiger partial charge in [0.1, 0.15) is 11.6 Å². The summed E-state index contributed by atoms with van der Waals surface area (Å²) in [5.74, 6) is 1.24. The fourth-order valence-corrected chi connectivity index (χ4v) is 3.04. The van der Waals surface area contributed by atoms with E-state index in [9.17, 15) is 9.50 Å². The molecule has 0 spiro atoms. The van der Waals surface area contributed by atoms with E-state index in [1.807, 2.05) is 0 Å². The maximum atomic E-state index is 13.0. The SMILES string of the molecule is CC(C)C1CCN(C(C)c2ccc(F)cc2O)CC1. The molecule has 0 amide bonds. The first-order chi connectivity index (χ1) is 8.99. The van der Waals surface area contributed by atoms with Gasteiger partial charge in [-0.2, -0.15) is 0 Å². The smallest absolute Gasteiger partial charge is 0.126 e. The Bertz CT molecular complexity index is 425. The van der Waals surface area contributed by atoms with Gasteiger partial charge in [-0.15, -0.1) is 0 Å². The highest BCUT2D eigenvalue weighted by Gasteiger charge is 2.26. The third kappa shape index (κ3) is 3.27. The maximum absolute atomic E-state index is 13.0. The second kappa shape index (κ2) is 5.91. The molecular formula is C16H24FNO. The molecule has 1 aromatic carbocycles. The minimum atomic E-state index is -0.382. The monoisotopic (exact) mass is 265 g/mol. The van der Waals surface area contributed by atoms with Gasteiger partial charge < -0.3 is 5.11 Å². The molecule has 1 unspecified atom stereocenters. The number of rotatable bonds is 3. The van der Waals surface area contributed by atoms with E-state index in [-0.39, 0.29) is 17.6 Å². The Morgan fingerprint density at radius 2 is 1.84 bits per heavy atom. The third-order valence-corrected chi connectivity index (χ3v) is 4.51. The molecule has 1 N–H and O–H groups in total. The molecule has 1 aliphatic rings. The van der Waals surface area contributed by atoms with Gasteiger partial charge in [-0.05, 0) is 50.8 Å². The molecule has 1 aromatic rings. The lowest BCUT2D eigenvalue weighted by atomic mass is 9.86. The summed E-state index contributed by atoms with van der Waals surface area (Å²) in [6, 6.07) is 4.47. The highest BCUT2D eigenvalue weighted by molar-refractivity contribution is 5.35. The number of phenols is 1. The zero-order valence-electron chi connectivity index (χ0n) is 12.1. The van der Waals surface area contributed by atoms with Gasteiger partial charge in [0.2, 0.25) is 0 Å². The van der Waals surface area contributed by atoms with Crippen molar-refractivity contribution in [1.82, 2.24) is 4.90 Å². The van der Waals surface area contributed by atoms with E-state index in [1.54, 1.807) is 6.07 Å². The van der Waals surface area contributed by atoms with Gasteiger partial charge in [-0.1, -0.05) is 19.9 Å². The molecule has 0 saturated carbocycles. The van der Waals surface area contributed by atoms with E-state index in [0.29, 0.717) is 0 Å². The fourth-order valence-electron chi connectivity index (χ4n) is 3.04. The minimum Gasteiger partial charge on any atom is -0.508 e. The van der Waals surface area contributed by atoms with Gasteiger partial charge in [-0.3, -0.25) is 4.90 Å². The zero-order valence-corrected chi connectivity index (χ0v) is 12.1. The van der Waals surface area contributed by atoms with Gasteiger partial charge in [0.15, 0.2) is 0 Å². The third-order valence-electron chi connectivity index (χ3n) is 4.51. The van der Waals surface area contributed by atoms with Gasteiger partial charge in [-0.25, -0.2) is 4.39 Å². The van der Waals surface area contributed by atoms with Crippen LogP contribution in [0.4, 0.5) is 4.39 Å². The van der Waals surface area contributed by atoms with Crippen LogP contribution in [0.15, 0.2) is 18.2 Å². The van der Waals surface area contributed by atoms with Crippen LogP contribution in [0.3, 0.4) is 0 Å². The predicted octanol–water partition coefficient (Wildman–Crippen LogP) is 3.96. The zero-order chi connectivity index (χ0) is 14.0. The Morgan fingerprint density at radius 3 is 2.37 bits per heavy atom. The summed E-state index contributed by atoms with van der Waals surface area (Å²) >= 11 is 0. The number of benzene rings is 1. The molecule has 2 rings (SSSR count). The molecule has 1 saturated heterocycles. The molecule has 19 heavy (non-hydrogen) atoms. The van der Waals surface area contributed by atoms with Gasteiger partial charge in [0.05, 0.1) is 0 Å². The van der Waals surface area contributed by atoms with Crippen molar-refractivity contribution in [3.63, 3.8) is 0 Å². The molecule has 1 atom stereocenters. The maximum Gasteiger partial charge on any atom is 0.126 e. The van der Waals surface area contributed by atoms with E-state index in [2.05, 4.69) is 25.7 Å². The molecule has 0 aliphatic carbocycles. The lowest BCUT2D eigenvalue weighted by Crippen LogP contribution is -2.37. The van der Waals surface area contributed by atoms with E-state index in [4.69, 9.17) is 0 Å². The van der Waals surface area contributed by atoms with Crippen LogP contribution in [0.2, 0.25) is 0 Å². The van der Waals surface area contributed by atoms with Crippen molar-refractivity contribution < 1.29 is 9.50 Å². The number of hydrogen-bond acceptors (Lipinski definition) is 2. The second-order valence-electron chi connectivity index (χ2n) is 6.00. The fraction of sp³-hybridized carbons (Fsp3) is 0.625. The topological polar surface area (TPSA) is 23.5 Å². The van der Waals surface area contributed by atoms with Crippen LogP contribution in [0.25, 0.3) is 0 Å². The first-order valence-electron chi connectivity index (χ1n) is 7.21. The highest BCUT2D eigenvalue weighted by Crippen LogP contribution is 2.33. The normalized spacial score (nSPS) is 19.8. The van der Waals surface area contributed by atoms with Crippen molar-refractivity contribution in [1.29, 1.82) is 0 Å². The van der Waals surface area contributed by atoms with Crippen molar-refractivity contribution in [3.8, 4) is 5.75 Å². The largest absolute Gasteiger partial charge is 0.508 e. The number of likely N-dealkylation sites (tertiary alicyclic amines) is 1. The summed E-state index contributed by atoms with van der Waals surface area (Å²) in [7, 11) is 0. The number of hydrogen-bond donors (Lipinski definition) is 1. The van der Waals surface area contributed by atoms with Crippen LogP contribution >= 0.6 is 0 Å². The molecular weight excluding hydrogens is 241 g/mol.